The van der Waals surface area contributed by atoms with E-state index in [1.807, 2.05) is 0 Å². The largest absolute Gasteiger partial charge is 0.303 e. The molecule has 1 heterocycles. The third-order valence-corrected chi connectivity index (χ3v) is 2.59. The summed E-state index contributed by atoms with van der Waals surface area (Å²) < 4.78 is 0. The lowest BCUT2D eigenvalue weighted by atomic mass is 10.1. The second-order valence-corrected chi connectivity index (χ2v) is 3.79. The van der Waals surface area contributed by atoms with Crippen molar-refractivity contribution in [2.75, 3.05) is 6.54 Å². The lowest BCUT2D eigenvalue weighted by Crippen LogP contribution is -2.30. The third-order valence-electron chi connectivity index (χ3n) is 1.86. The van der Waals surface area contributed by atoms with Gasteiger partial charge in [-0.25, -0.2) is 0 Å². The summed E-state index contributed by atoms with van der Waals surface area (Å²) in [6.07, 6.45) is 7.49. The molecular weight excluding hydrogens is 178 g/mol. The molecule has 1 rings (SSSR count). The highest BCUT2D eigenvalue weighted by Gasteiger charge is 2.04. The first-order valence-corrected chi connectivity index (χ1v) is 5.51. The van der Waals surface area contributed by atoms with Crippen molar-refractivity contribution in [2.24, 2.45) is 0 Å². The van der Waals surface area contributed by atoms with Crippen LogP contribution < -0.4 is 5.32 Å². The Kier molecular flexibility index (Phi) is 4.59. The van der Waals surface area contributed by atoms with Crippen molar-refractivity contribution >= 4 is 11.3 Å². The second-order valence-electron chi connectivity index (χ2n) is 3.01. The summed E-state index contributed by atoms with van der Waals surface area (Å²) in [5.41, 5.74) is 1.33. The zero-order valence-electron chi connectivity index (χ0n) is 7.92. The van der Waals surface area contributed by atoms with Crippen LogP contribution in [0.15, 0.2) is 16.8 Å². The van der Waals surface area contributed by atoms with E-state index in [-0.39, 0.29) is 6.04 Å². The molecule has 0 spiro atoms. The molecule has 0 saturated heterocycles. The van der Waals surface area contributed by atoms with Crippen molar-refractivity contribution in [2.45, 2.75) is 25.8 Å². The average molecular weight is 193 g/mol. The molecule has 0 aliphatic carbocycles. The smallest absolute Gasteiger partial charge is 0.0728 e. The number of nitrogens with one attached hydrogen (secondary N) is 1. The molecule has 0 aliphatic rings. The van der Waals surface area contributed by atoms with E-state index in [0.29, 0.717) is 0 Å². The van der Waals surface area contributed by atoms with Gasteiger partial charge in [-0.05, 0) is 41.8 Å². The molecule has 1 aromatic rings. The van der Waals surface area contributed by atoms with Gasteiger partial charge in [0.2, 0.25) is 0 Å². The first kappa shape index (κ1) is 10.3. The van der Waals surface area contributed by atoms with Gasteiger partial charge in [-0.2, -0.15) is 11.3 Å². The Morgan fingerprint density at radius 1 is 1.69 bits per heavy atom. The maximum absolute atomic E-state index is 5.42. The minimum absolute atomic E-state index is 0.189. The highest BCUT2D eigenvalue weighted by atomic mass is 32.1. The molecule has 0 radical (unpaired) electrons. The van der Waals surface area contributed by atoms with E-state index in [4.69, 9.17) is 6.42 Å². The van der Waals surface area contributed by atoms with E-state index in [9.17, 15) is 0 Å². The predicted molar refractivity (Wildman–Crippen MR) is 58.9 cm³/mol. The van der Waals surface area contributed by atoms with Crippen molar-refractivity contribution in [3.63, 3.8) is 0 Å². The molecule has 0 aliphatic heterocycles. The van der Waals surface area contributed by atoms with Crippen molar-refractivity contribution in [3.8, 4) is 12.3 Å². The van der Waals surface area contributed by atoms with Crippen LogP contribution in [0.25, 0.3) is 0 Å². The summed E-state index contributed by atoms with van der Waals surface area (Å²) in [7, 11) is 0. The molecular formula is C11H15NS. The van der Waals surface area contributed by atoms with Crippen LogP contribution >= 0.6 is 11.3 Å². The fraction of sp³-hybridized carbons (Fsp3) is 0.455. The van der Waals surface area contributed by atoms with E-state index in [0.717, 1.165) is 19.4 Å². The molecule has 2 heteroatoms. The van der Waals surface area contributed by atoms with Crippen molar-refractivity contribution in [3.05, 3.63) is 22.4 Å². The monoisotopic (exact) mass is 193 g/mol. The fourth-order valence-electron chi connectivity index (χ4n) is 1.15. The maximum Gasteiger partial charge on any atom is 0.0728 e. The Labute approximate surface area is 84.2 Å². The van der Waals surface area contributed by atoms with Gasteiger partial charge in [-0.15, -0.1) is 6.42 Å². The first-order chi connectivity index (χ1) is 6.36. The molecule has 1 unspecified atom stereocenters. The lowest BCUT2D eigenvalue weighted by Gasteiger charge is -2.10. The molecule has 1 atom stereocenters. The molecule has 1 nitrogen and oxygen atoms in total. The number of terminal acetylenes is 1. The van der Waals surface area contributed by atoms with Gasteiger partial charge in [0, 0.05) is 0 Å². The van der Waals surface area contributed by atoms with Crippen LogP contribution in [-0.2, 0) is 6.42 Å². The Hall–Kier alpha value is -0.780. The van der Waals surface area contributed by atoms with Gasteiger partial charge in [0.25, 0.3) is 0 Å². The Morgan fingerprint density at radius 3 is 3.08 bits per heavy atom. The van der Waals surface area contributed by atoms with Crippen LogP contribution in [0.4, 0.5) is 0 Å². The van der Waals surface area contributed by atoms with Crippen LogP contribution in [0, 0.1) is 12.3 Å². The molecule has 0 fully saturated rings. The van der Waals surface area contributed by atoms with E-state index >= 15 is 0 Å². The van der Waals surface area contributed by atoms with Crippen molar-refractivity contribution in [1.29, 1.82) is 0 Å². The van der Waals surface area contributed by atoms with Crippen LogP contribution in [0.5, 0.6) is 0 Å². The van der Waals surface area contributed by atoms with Gasteiger partial charge >= 0.3 is 0 Å². The predicted octanol–water partition coefficient (Wildman–Crippen LogP) is 2.29. The van der Waals surface area contributed by atoms with Crippen LogP contribution in [-0.4, -0.2) is 12.6 Å². The van der Waals surface area contributed by atoms with Gasteiger partial charge in [-0.1, -0.05) is 12.8 Å². The highest BCUT2D eigenvalue weighted by molar-refractivity contribution is 7.07. The van der Waals surface area contributed by atoms with Crippen molar-refractivity contribution < 1.29 is 0 Å². The number of hydrogen-bond donors (Lipinski definition) is 1. The standard InChI is InChI=1S/C11H15NS/c1-3-6-12-11(4-2)8-10-5-7-13-9-10/h2,5,7,9,11-12H,3,6,8H2,1H3. The minimum atomic E-state index is 0.189. The van der Waals surface area contributed by atoms with Gasteiger partial charge in [0.15, 0.2) is 0 Å². The highest BCUT2D eigenvalue weighted by Crippen LogP contribution is 2.08. The molecule has 0 bridgehead atoms. The molecule has 1 N–H and O–H groups in total. The summed E-state index contributed by atoms with van der Waals surface area (Å²) >= 11 is 1.72. The fourth-order valence-corrected chi connectivity index (χ4v) is 1.83. The van der Waals surface area contributed by atoms with E-state index in [2.05, 4.69) is 35.0 Å². The number of hydrogen-bond acceptors (Lipinski definition) is 2. The molecule has 70 valence electrons. The van der Waals surface area contributed by atoms with Gasteiger partial charge in [0.1, 0.15) is 0 Å². The minimum Gasteiger partial charge on any atom is -0.303 e. The normalized spacial score (nSPS) is 12.3. The van der Waals surface area contributed by atoms with Crippen molar-refractivity contribution in [1.82, 2.24) is 5.32 Å². The molecule has 13 heavy (non-hydrogen) atoms. The Balaban J connectivity index is 2.37. The molecule has 0 aromatic carbocycles. The van der Waals surface area contributed by atoms with Gasteiger partial charge in [-0.3, -0.25) is 0 Å². The summed E-state index contributed by atoms with van der Waals surface area (Å²) in [4.78, 5) is 0. The van der Waals surface area contributed by atoms with E-state index in [1.165, 1.54) is 5.56 Å². The summed E-state index contributed by atoms with van der Waals surface area (Å²) in [6, 6.07) is 2.32. The topological polar surface area (TPSA) is 12.0 Å². The SMILES string of the molecule is C#CC(Cc1ccsc1)NCCC. The molecule has 0 saturated carbocycles. The summed E-state index contributed by atoms with van der Waals surface area (Å²) in [6.45, 7) is 3.14. The summed E-state index contributed by atoms with van der Waals surface area (Å²) in [5.74, 6) is 2.77. The molecule has 1 aromatic heterocycles. The Morgan fingerprint density at radius 2 is 2.54 bits per heavy atom. The van der Waals surface area contributed by atoms with Crippen LogP contribution in [0.2, 0.25) is 0 Å². The van der Waals surface area contributed by atoms with Gasteiger partial charge in [0.05, 0.1) is 6.04 Å². The lowest BCUT2D eigenvalue weighted by molar-refractivity contribution is 0.599. The van der Waals surface area contributed by atoms with Crippen LogP contribution in [0.1, 0.15) is 18.9 Å². The number of rotatable bonds is 5. The third kappa shape index (κ3) is 3.63. The quantitative estimate of drug-likeness (QED) is 0.707. The molecule has 0 amide bonds. The first-order valence-electron chi connectivity index (χ1n) is 4.57. The number of thiophene rings is 1. The Bertz CT molecular complexity index is 258. The van der Waals surface area contributed by atoms with Gasteiger partial charge < -0.3 is 5.32 Å². The zero-order chi connectivity index (χ0) is 9.52. The summed E-state index contributed by atoms with van der Waals surface area (Å²) in [5, 5.41) is 7.56. The van der Waals surface area contributed by atoms with Crippen LogP contribution in [0.3, 0.4) is 0 Å². The van der Waals surface area contributed by atoms with E-state index in [1.54, 1.807) is 11.3 Å². The van der Waals surface area contributed by atoms with E-state index < -0.39 is 0 Å². The average Bonchev–Trinajstić information content (AvgIpc) is 2.64. The maximum atomic E-state index is 5.42. The second kappa shape index (κ2) is 5.80. The zero-order valence-corrected chi connectivity index (χ0v) is 8.73.